The van der Waals surface area contributed by atoms with Crippen LogP contribution in [0.15, 0.2) is 48.5 Å². The van der Waals surface area contributed by atoms with Gasteiger partial charge in [-0.15, -0.1) is 0 Å². The summed E-state index contributed by atoms with van der Waals surface area (Å²) in [6, 6.07) is 12.8. The van der Waals surface area contributed by atoms with Crippen molar-refractivity contribution in [3.63, 3.8) is 0 Å². The molecule has 2 heterocycles. The van der Waals surface area contributed by atoms with E-state index < -0.39 is 18.2 Å². The van der Waals surface area contributed by atoms with Crippen molar-refractivity contribution >= 4 is 22.5 Å². The van der Waals surface area contributed by atoms with Gasteiger partial charge in [-0.1, -0.05) is 0 Å². The molecule has 0 atom stereocenters. The lowest BCUT2D eigenvalue weighted by molar-refractivity contribution is -0.0498. The van der Waals surface area contributed by atoms with Crippen molar-refractivity contribution in [2.24, 2.45) is 0 Å². The van der Waals surface area contributed by atoms with Crippen molar-refractivity contribution in [2.45, 2.75) is 25.4 Å². The van der Waals surface area contributed by atoms with Gasteiger partial charge in [-0.25, -0.2) is 18.7 Å². The van der Waals surface area contributed by atoms with Gasteiger partial charge in [0, 0.05) is 23.7 Å². The number of imidazole rings is 1. The molecule has 0 saturated heterocycles. The third kappa shape index (κ3) is 4.17. The fourth-order valence-electron chi connectivity index (χ4n) is 3.60. The normalized spacial score (nSPS) is 13.3. The fourth-order valence-corrected chi connectivity index (χ4v) is 3.60. The Kier molecular flexibility index (Phi) is 5.09. The second-order valence-electron chi connectivity index (χ2n) is 7.57. The number of aromatic nitrogens is 3. The lowest BCUT2D eigenvalue weighted by Gasteiger charge is -2.12. The molecule has 1 fully saturated rings. The monoisotopic (exact) mass is 453 g/mol. The van der Waals surface area contributed by atoms with Gasteiger partial charge in [-0.3, -0.25) is 4.57 Å². The van der Waals surface area contributed by atoms with Crippen LogP contribution in [0.3, 0.4) is 0 Å². The van der Waals surface area contributed by atoms with Crippen molar-refractivity contribution in [3.05, 3.63) is 71.6 Å². The Morgan fingerprint density at radius 3 is 2.48 bits per heavy atom. The van der Waals surface area contributed by atoms with E-state index >= 15 is 0 Å². The molecule has 33 heavy (non-hydrogen) atoms. The molecule has 1 aliphatic carbocycles. The molecule has 1 N–H and O–H groups in total. The molecule has 10 heteroatoms. The molecule has 0 amide bonds. The van der Waals surface area contributed by atoms with Crippen LogP contribution in [-0.4, -0.2) is 21.1 Å². The van der Waals surface area contributed by atoms with Crippen LogP contribution in [0.4, 0.5) is 29.1 Å². The maximum Gasteiger partial charge on any atom is 0.387 e. The summed E-state index contributed by atoms with van der Waals surface area (Å²) in [6.07, 6.45) is 1.73. The molecule has 2 aromatic heterocycles. The topological polar surface area (TPSA) is 75.8 Å². The maximum atomic E-state index is 14.4. The van der Waals surface area contributed by atoms with Crippen LogP contribution in [0, 0.1) is 23.0 Å². The van der Waals surface area contributed by atoms with Crippen LogP contribution in [0.1, 0.15) is 30.1 Å². The van der Waals surface area contributed by atoms with Crippen molar-refractivity contribution in [1.29, 1.82) is 5.26 Å². The number of hydrogen-bond donors (Lipinski definition) is 1. The Morgan fingerprint density at radius 2 is 1.82 bits per heavy atom. The van der Waals surface area contributed by atoms with E-state index in [1.165, 1.54) is 42.5 Å². The Balaban J connectivity index is 1.58. The molecule has 0 bridgehead atoms. The molecule has 2 aromatic carbocycles. The van der Waals surface area contributed by atoms with E-state index in [4.69, 9.17) is 0 Å². The highest BCUT2D eigenvalue weighted by Crippen LogP contribution is 2.42. The predicted molar refractivity (Wildman–Crippen MR) is 112 cm³/mol. The highest BCUT2D eigenvalue weighted by Gasteiger charge is 2.31. The molecule has 166 valence electrons. The molecule has 1 aliphatic rings. The molecule has 0 spiro atoms. The number of hydrogen-bond acceptors (Lipinski definition) is 5. The number of nitriles is 1. The number of fused-ring (bicyclic) bond motifs is 1. The first-order valence-corrected chi connectivity index (χ1v) is 10.0. The van der Waals surface area contributed by atoms with Crippen molar-refractivity contribution in [3.8, 4) is 17.6 Å². The molecular formula is C23H15F4N5O. The largest absolute Gasteiger partial charge is 0.435 e. The van der Waals surface area contributed by atoms with Gasteiger partial charge < -0.3 is 10.1 Å². The van der Waals surface area contributed by atoms with Crippen LogP contribution in [0.25, 0.3) is 16.9 Å². The van der Waals surface area contributed by atoms with Crippen LogP contribution in [0.5, 0.6) is 5.75 Å². The highest BCUT2D eigenvalue weighted by atomic mass is 19.3. The number of halogens is 4. The van der Waals surface area contributed by atoms with E-state index in [0.29, 0.717) is 11.5 Å². The number of nitrogens with one attached hydrogen (secondary N) is 1. The second-order valence-corrected chi connectivity index (χ2v) is 7.57. The van der Waals surface area contributed by atoms with Gasteiger partial charge in [0.25, 0.3) is 0 Å². The van der Waals surface area contributed by atoms with E-state index in [-0.39, 0.29) is 39.9 Å². The summed E-state index contributed by atoms with van der Waals surface area (Å²) in [6.45, 7) is -2.93. The smallest absolute Gasteiger partial charge is 0.387 e. The molecule has 0 radical (unpaired) electrons. The maximum absolute atomic E-state index is 14.4. The zero-order chi connectivity index (χ0) is 23.1. The van der Waals surface area contributed by atoms with Gasteiger partial charge in [0.05, 0.1) is 17.1 Å². The standard InChI is InChI=1S/C23H15F4N5O/c24-14-9-17(25)21-18(10-14)32(22(31-21)13-1-2-13)20-8-12(11-28)7-19(30-20)29-15-3-5-16(6-4-15)33-23(26)27/h3-10,13,23H,1-2H2,(H,29,30). The molecule has 0 unspecified atom stereocenters. The number of pyridine rings is 1. The Bertz CT molecular complexity index is 1390. The predicted octanol–water partition coefficient (Wildman–Crippen LogP) is 5.79. The number of alkyl halides is 2. The van der Waals surface area contributed by atoms with E-state index in [0.717, 1.165) is 18.9 Å². The zero-order valence-corrected chi connectivity index (χ0v) is 16.9. The van der Waals surface area contributed by atoms with Gasteiger partial charge in [0.2, 0.25) is 0 Å². The quantitative estimate of drug-likeness (QED) is 0.374. The third-order valence-corrected chi connectivity index (χ3v) is 5.17. The van der Waals surface area contributed by atoms with E-state index in [1.54, 1.807) is 4.57 Å². The minimum Gasteiger partial charge on any atom is -0.435 e. The van der Waals surface area contributed by atoms with Gasteiger partial charge in [0.15, 0.2) is 5.82 Å². The first-order valence-electron chi connectivity index (χ1n) is 10.0. The molecule has 1 saturated carbocycles. The van der Waals surface area contributed by atoms with E-state index in [9.17, 15) is 22.8 Å². The summed E-state index contributed by atoms with van der Waals surface area (Å²) in [4.78, 5) is 8.93. The van der Waals surface area contributed by atoms with Crippen molar-refractivity contribution in [1.82, 2.24) is 14.5 Å². The number of benzene rings is 2. The number of anilines is 2. The summed E-state index contributed by atoms with van der Waals surface area (Å²) < 4.78 is 59.0. The lowest BCUT2D eigenvalue weighted by atomic mass is 10.2. The number of ether oxygens (including phenoxy) is 1. The molecule has 5 rings (SSSR count). The first kappa shape index (κ1) is 20.8. The van der Waals surface area contributed by atoms with Crippen LogP contribution in [0.2, 0.25) is 0 Å². The third-order valence-electron chi connectivity index (χ3n) is 5.17. The average Bonchev–Trinajstić information content (AvgIpc) is 3.55. The minimum atomic E-state index is -2.93. The Hall–Kier alpha value is -4.13. The molecule has 4 aromatic rings. The van der Waals surface area contributed by atoms with Crippen molar-refractivity contribution in [2.75, 3.05) is 5.32 Å². The number of rotatable bonds is 6. The fraction of sp³-hybridized carbons (Fsp3) is 0.174. The van der Waals surface area contributed by atoms with Gasteiger partial charge in [-0.05, 0) is 49.2 Å². The summed E-state index contributed by atoms with van der Waals surface area (Å²) in [7, 11) is 0. The Labute approximate surface area is 185 Å². The Morgan fingerprint density at radius 1 is 1.06 bits per heavy atom. The molecular weight excluding hydrogens is 438 g/mol. The first-order chi connectivity index (χ1) is 15.9. The van der Waals surface area contributed by atoms with Crippen molar-refractivity contribution < 1.29 is 22.3 Å². The van der Waals surface area contributed by atoms with Gasteiger partial charge in [0.1, 0.15) is 34.5 Å². The SMILES string of the molecule is N#Cc1cc(Nc2ccc(OC(F)F)cc2)nc(-n2c(C3CC3)nc3c(F)cc(F)cc32)c1. The van der Waals surface area contributed by atoms with Crippen LogP contribution >= 0.6 is 0 Å². The van der Waals surface area contributed by atoms with Crippen LogP contribution < -0.4 is 10.1 Å². The second kappa shape index (κ2) is 8.09. The molecule has 0 aliphatic heterocycles. The average molecular weight is 453 g/mol. The molecule has 6 nitrogen and oxygen atoms in total. The summed E-state index contributed by atoms with van der Waals surface area (Å²) in [5.41, 5.74) is 1.03. The summed E-state index contributed by atoms with van der Waals surface area (Å²) in [5, 5.41) is 12.5. The highest BCUT2D eigenvalue weighted by molar-refractivity contribution is 5.79. The van der Waals surface area contributed by atoms with Gasteiger partial charge >= 0.3 is 6.61 Å². The summed E-state index contributed by atoms with van der Waals surface area (Å²) in [5.74, 6) is -0.313. The minimum absolute atomic E-state index is 0.00186. The van der Waals surface area contributed by atoms with E-state index in [1.807, 2.05) is 0 Å². The zero-order valence-electron chi connectivity index (χ0n) is 16.9. The summed E-state index contributed by atoms with van der Waals surface area (Å²) >= 11 is 0. The van der Waals surface area contributed by atoms with Gasteiger partial charge in [-0.2, -0.15) is 14.0 Å². The number of nitrogens with zero attached hydrogens (tertiary/aromatic N) is 4. The van der Waals surface area contributed by atoms with E-state index in [2.05, 4.69) is 26.1 Å². The lowest BCUT2D eigenvalue weighted by Crippen LogP contribution is -2.06. The van der Waals surface area contributed by atoms with Crippen LogP contribution in [-0.2, 0) is 0 Å².